The summed E-state index contributed by atoms with van der Waals surface area (Å²) in [5, 5.41) is 0. The Bertz CT molecular complexity index is 398. The predicted octanol–water partition coefficient (Wildman–Crippen LogP) is 3.50. The standard InChI is InChI=1S/C12H14OS/c1-8-7-11(9(2)14-8)10-5-3-4-6-12(10)13/h5,7H,3-4,6H2,1-2H3. The number of allylic oxidation sites excluding steroid dienone is 2. The van der Waals surface area contributed by atoms with Gasteiger partial charge in [-0.3, -0.25) is 4.79 Å². The number of carbonyl (C=O) groups is 1. The van der Waals surface area contributed by atoms with Crippen molar-refractivity contribution in [1.29, 1.82) is 0 Å². The molecule has 0 saturated heterocycles. The lowest BCUT2D eigenvalue weighted by Gasteiger charge is -2.10. The summed E-state index contributed by atoms with van der Waals surface area (Å²) in [6, 6.07) is 2.13. The van der Waals surface area contributed by atoms with Crippen molar-refractivity contribution in [1.82, 2.24) is 0 Å². The van der Waals surface area contributed by atoms with Crippen molar-refractivity contribution in [3.05, 3.63) is 27.5 Å². The summed E-state index contributed by atoms with van der Waals surface area (Å²) in [7, 11) is 0. The monoisotopic (exact) mass is 206 g/mol. The Kier molecular flexibility index (Phi) is 2.55. The fraction of sp³-hybridized carbons (Fsp3) is 0.417. The van der Waals surface area contributed by atoms with Crippen LogP contribution in [0.25, 0.3) is 5.57 Å². The van der Waals surface area contributed by atoms with E-state index in [-0.39, 0.29) is 0 Å². The van der Waals surface area contributed by atoms with Gasteiger partial charge < -0.3 is 0 Å². The van der Waals surface area contributed by atoms with E-state index in [1.165, 1.54) is 9.75 Å². The van der Waals surface area contributed by atoms with Crippen LogP contribution in [-0.4, -0.2) is 5.78 Å². The smallest absolute Gasteiger partial charge is 0.163 e. The molecule has 0 saturated carbocycles. The molecule has 2 rings (SSSR count). The molecule has 1 heterocycles. The van der Waals surface area contributed by atoms with E-state index in [9.17, 15) is 4.79 Å². The lowest BCUT2D eigenvalue weighted by Crippen LogP contribution is -2.05. The van der Waals surface area contributed by atoms with Crippen molar-refractivity contribution in [2.75, 3.05) is 0 Å². The zero-order chi connectivity index (χ0) is 10.1. The number of hydrogen-bond donors (Lipinski definition) is 0. The van der Waals surface area contributed by atoms with Crippen molar-refractivity contribution in [3.8, 4) is 0 Å². The van der Waals surface area contributed by atoms with Crippen LogP contribution in [0.1, 0.15) is 34.6 Å². The van der Waals surface area contributed by atoms with Crippen LogP contribution in [0.5, 0.6) is 0 Å². The molecule has 1 aliphatic rings. The van der Waals surface area contributed by atoms with E-state index in [0.29, 0.717) is 5.78 Å². The minimum absolute atomic E-state index is 0.317. The molecule has 0 atom stereocenters. The van der Waals surface area contributed by atoms with Gasteiger partial charge in [-0.05, 0) is 38.3 Å². The second-order valence-corrected chi connectivity index (χ2v) is 5.22. The number of rotatable bonds is 1. The molecule has 0 fully saturated rings. The maximum absolute atomic E-state index is 11.7. The Labute approximate surface area is 88.5 Å². The zero-order valence-corrected chi connectivity index (χ0v) is 9.41. The highest BCUT2D eigenvalue weighted by molar-refractivity contribution is 7.12. The van der Waals surface area contributed by atoms with Gasteiger partial charge in [0.1, 0.15) is 0 Å². The molecule has 1 aromatic rings. The Balaban J connectivity index is 2.43. The van der Waals surface area contributed by atoms with E-state index in [2.05, 4.69) is 26.0 Å². The van der Waals surface area contributed by atoms with Gasteiger partial charge >= 0.3 is 0 Å². The molecular formula is C12H14OS. The first-order valence-electron chi connectivity index (χ1n) is 4.99. The Morgan fingerprint density at radius 2 is 2.14 bits per heavy atom. The van der Waals surface area contributed by atoms with Gasteiger partial charge in [0.05, 0.1) is 0 Å². The van der Waals surface area contributed by atoms with Crippen LogP contribution in [0.2, 0.25) is 0 Å². The van der Waals surface area contributed by atoms with Gasteiger partial charge in [-0.1, -0.05) is 6.08 Å². The van der Waals surface area contributed by atoms with E-state index in [1.54, 1.807) is 11.3 Å². The quantitative estimate of drug-likeness (QED) is 0.687. The maximum Gasteiger partial charge on any atom is 0.163 e. The predicted molar refractivity (Wildman–Crippen MR) is 60.6 cm³/mol. The van der Waals surface area contributed by atoms with E-state index in [4.69, 9.17) is 0 Å². The zero-order valence-electron chi connectivity index (χ0n) is 8.59. The highest BCUT2D eigenvalue weighted by Gasteiger charge is 2.17. The molecule has 14 heavy (non-hydrogen) atoms. The average Bonchev–Trinajstić information content (AvgIpc) is 2.46. The number of thiophene rings is 1. The Morgan fingerprint density at radius 3 is 2.71 bits per heavy atom. The van der Waals surface area contributed by atoms with Crippen LogP contribution >= 0.6 is 11.3 Å². The molecule has 0 spiro atoms. The number of carbonyl (C=O) groups excluding carboxylic acids is 1. The van der Waals surface area contributed by atoms with Crippen molar-refractivity contribution in [2.24, 2.45) is 0 Å². The van der Waals surface area contributed by atoms with E-state index >= 15 is 0 Å². The number of aryl methyl sites for hydroxylation is 2. The summed E-state index contributed by atoms with van der Waals surface area (Å²) in [5.41, 5.74) is 2.12. The Morgan fingerprint density at radius 1 is 1.36 bits per heavy atom. The van der Waals surface area contributed by atoms with Gasteiger partial charge in [0.25, 0.3) is 0 Å². The van der Waals surface area contributed by atoms with Crippen LogP contribution in [-0.2, 0) is 4.79 Å². The number of Topliss-reactive ketones (excluding diaryl/α,β-unsaturated/α-hetero) is 1. The minimum atomic E-state index is 0.317. The largest absolute Gasteiger partial charge is 0.294 e. The van der Waals surface area contributed by atoms with Crippen molar-refractivity contribution in [3.63, 3.8) is 0 Å². The molecule has 0 aromatic carbocycles. The van der Waals surface area contributed by atoms with Gasteiger partial charge in [-0.25, -0.2) is 0 Å². The molecule has 74 valence electrons. The van der Waals surface area contributed by atoms with Crippen molar-refractivity contribution < 1.29 is 4.79 Å². The van der Waals surface area contributed by atoms with Crippen LogP contribution < -0.4 is 0 Å². The summed E-state index contributed by atoms with van der Waals surface area (Å²) in [6.45, 7) is 4.19. The molecule has 0 unspecified atom stereocenters. The van der Waals surface area contributed by atoms with Gasteiger partial charge in [0, 0.05) is 21.7 Å². The van der Waals surface area contributed by atoms with E-state index < -0.39 is 0 Å². The molecule has 0 amide bonds. The Hall–Kier alpha value is -0.890. The summed E-state index contributed by atoms with van der Waals surface area (Å²) in [6.07, 6.45) is 4.89. The number of ketones is 1. The topological polar surface area (TPSA) is 17.1 Å². The minimum Gasteiger partial charge on any atom is -0.294 e. The highest BCUT2D eigenvalue weighted by atomic mass is 32.1. The fourth-order valence-electron chi connectivity index (χ4n) is 1.92. The summed E-state index contributed by atoms with van der Waals surface area (Å²) < 4.78 is 0. The fourth-order valence-corrected chi connectivity index (χ4v) is 2.85. The van der Waals surface area contributed by atoms with E-state index in [1.807, 2.05) is 0 Å². The molecule has 0 aliphatic heterocycles. The van der Waals surface area contributed by atoms with Gasteiger partial charge in [0.2, 0.25) is 0 Å². The lowest BCUT2D eigenvalue weighted by atomic mass is 9.93. The third-order valence-corrected chi connectivity index (χ3v) is 3.55. The molecule has 1 aromatic heterocycles. The van der Waals surface area contributed by atoms with Crippen LogP contribution in [0.3, 0.4) is 0 Å². The summed E-state index contributed by atoms with van der Waals surface area (Å²) in [4.78, 5) is 14.2. The molecule has 0 radical (unpaired) electrons. The summed E-state index contributed by atoms with van der Waals surface area (Å²) >= 11 is 1.77. The van der Waals surface area contributed by atoms with Gasteiger partial charge in [-0.2, -0.15) is 0 Å². The molecule has 0 N–H and O–H groups in total. The maximum atomic E-state index is 11.7. The third kappa shape index (κ3) is 1.67. The first-order valence-corrected chi connectivity index (χ1v) is 5.81. The van der Waals surface area contributed by atoms with Crippen LogP contribution in [0.4, 0.5) is 0 Å². The van der Waals surface area contributed by atoms with Crippen LogP contribution in [0, 0.1) is 13.8 Å². The molecule has 2 heteroatoms. The average molecular weight is 206 g/mol. The van der Waals surface area contributed by atoms with Crippen molar-refractivity contribution >= 4 is 22.7 Å². The molecule has 1 nitrogen and oxygen atoms in total. The lowest BCUT2D eigenvalue weighted by molar-refractivity contribution is -0.114. The first-order chi connectivity index (χ1) is 6.68. The summed E-state index contributed by atoms with van der Waals surface area (Å²) in [5.74, 6) is 0.317. The third-order valence-electron chi connectivity index (χ3n) is 2.59. The normalized spacial score (nSPS) is 17.0. The van der Waals surface area contributed by atoms with E-state index in [0.717, 1.165) is 30.4 Å². The second kappa shape index (κ2) is 3.70. The number of hydrogen-bond acceptors (Lipinski definition) is 2. The van der Waals surface area contributed by atoms with Gasteiger partial charge in [-0.15, -0.1) is 11.3 Å². The molecular weight excluding hydrogens is 192 g/mol. The highest BCUT2D eigenvalue weighted by Crippen LogP contribution is 2.31. The second-order valence-electron chi connectivity index (χ2n) is 3.76. The molecule has 0 bridgehead atoms. The first kappa shape index (κ1) is 9.66. The van der Waals surface area contributed by atoms with Gasteiger partial charge in [0.15, 0.2) is 5.78 Å². The molecule has 1 aliphatic carbocycles. The van der Waals surface area contributed by atoms with Crippen LogP contribution in [0.15, 0.2) is 12.1 Å². The SMILES string of the molecule is Cc1cc(C2=CCCCC2=O)c(C)s1. The van der Waals surface area contributed by atoms with Crippen molar-refractivity contribution in [2.45, 2.75) is 33.1 Å².